The highest BCUT2D eigenvalue weighted by molar-refractivity contribution is 7.80. The zero-order valence-electron chi connectivity index (χ0n) is 9.92. The maximum atomic E-state index is 11.5. The smallest absolute Gasteiger partial charge is 0.239 e. The van der Waals surface area contributed by atoms with E-state index in [0.29, 0.717) is 0 Å². The van der Waals surface area contributed by atoms with Crippen molar-refractivity contribution in [3.8, 4) is 0 Å². The molecular weight excluding hydrogens is 300 g/mol. The number of aliphatic hydroxyl groups is 4. The lowest BCUT2D eigenvalue weighted by Gasteiger charge is -2.40. The zero-order chi connectivity index (χ0) is 13.9. The van der Waals surface area contributed by atoms with E-state index in [2.05, 4.69) is 17.9 Å². The van der Waals surface area contributed by atoms with Gasteiger partial charge in [0.15, 0.2) is 6.23 Å². The molecule has 7 N–H and O–H groups in total. The van der Waals surface area contributed by atoms with E-state index in [1.807, 2.05) is 0 Å². The topological polar surface area (TPSA) is 145 Å². The normalized spacial score (nSPS) is 36.2. The lowest BCUT2D eigenvalue weighted by Crippen LogP contribution is -2.64. The lowest BCUT2D eigenvalue weighted by molar-refractivity contribution is -0.236. The number of thiol groups is 1. The summed E-state index contributed by atoms with van der Waals surface area (Å²) in [7, 11) is 0. The third kappa shape index (κ3) is 4.43. The largest absolute Gasteiger partial charge is 0.394 e. The molecule has 1 amide bonds. The van der Waals surface area contributed by atoms with Crippen LogP contribution in [-0.4, -0.2) is 75.4 Å². The van der Waals surface area contributed by atoms with Crippen LogP contribution in [0.4, 0.5) is 0 Å². The van der Waals surface area contributed by atoms with Crippen LogP contribution in [0.3, 0.4) is 0 Å². The molecule has 10 heteroatoms. The number of hydrogen-bond acceptors (Lipinski definition) is 8. The van der Waals surface area contributed by atoms with Crippen molar-refractivity contribution < 1.29 is 30.0 Å². The SMILES string of the molecule is Cl.N[C@@H](CS)C(=O)N[C@@H]1O[C@H](CO)[C@@H](O)[C@H](O)[C@H]1O. The minimum absolute atomic E-state index is 0. The third-order valence-corrected chi connectivity index (χ3v) is 3.10. The molecule has 1 fully saturated rings. The Morgan fingerprint density at radius 2 is 1.89 bits per heavy atom. The molecule has 0 unspecified atom stereocenters. The molecule has 0 radical (unpaired) electrons. The second-order valence-corrected chi connectivity index (χ2v) is 4.41. The molecule has 0 bridgehead atoms. The van der Waals surface area contributed by atoms with E-state index in [0.717, 1.165) is 0 Å². The molecule has 114 valence electrons. The molecular formula is C9H19ClN2O6S. The van der Waals surface area contributed by atoms with Gasteiger partial charge in [0.05, 0.1) is 12.6 Å². The minimum Gasteiger partial charge on any atom is -0.394 e. The van der Waals surface area contributed by atoms with Gasteiger partial charge < -0.3 is 36.2 Å². The molecule has 1 aliphatic rings. The predicted molar refractivity (Wildman–Crippen MR) is 71.0 cm³/mol. The fraction of sp³-hybridized carbons (Fsp3) is 0.889. The van der Waals surface area contributed by atoms with Crippen LogP contribution < -0.4 is 11.1 Å². The summed E-state index contributed by atoms with van der Waals surface area (Å²) in [5.41, 5.74) is 5.42. The van der Waals surface area contributed by atoms with Crippen LogP contribution in [0.1, 0.15) is 0 Å². The second kappa shape index (κ2) is 8.22. The van der Waals surface area contributed by atoms with Gasteiger partial charge in [-0.05, 0) is 0 Å². The summed E-state index contributed by atoms with van der Waals surface area (Å²) in [6.45, 7) is -0.560. The van der Waals surface area contributed by atoms with Crippen LogP contribution in [0, 0.1) is 0 Å². The molecule has 0 aromatic heterocycles. The van der Waals surface area contributed by atoms with E-state index >= 15 is 0 Å². The number of carbonyl (C=O) groups is 1. The molecule has 0 saturated carbocycles. The van der Waals surface area contributed by atoms with Crippen LogP contribution in [0.5, 0.6) is 0 Å². The predicted octanol–water partition coefficient (Wildman–Crippen LogP) is -3.42. The van der Waals surface area contributed by atoms with Gasteiger partial charge in [0, 0.05) is 5.75 Å². The van der Waals surface area contributed by atoms with Crippen LogP contribution in [0.25, 0.3) is 0 Å². The summed E-state index contributed by atoms with van der Waals surface area (Å²) in [4.78, 5) is 11.5. The summed E-state index contributed by atoms with van der Waals surface area (Å²) >= 11 is 3.84. The van der Waals surface area contributed by atoms with Crippen LogP contribution in [-0.2, 0) is 9.53 Å². The molecule has 1 heterocycles. The first-order valence-corrected chi connectivity index (χ1v) is 6.03. The summed E-state index contributed by atoms with van der Waals surface area (Å²) in [6, 6.07) is -0.888. The third-order valence-electron chi connectivity index (χ3n) is 2.71. The van der Waals surface area contributed by atoms with Gasteiger partial charge in [-0.25, -0.2) is 0 Å². The minimum atomic E-state index is -1.53. The van der Waals surface area contributed by atoms with Crippen LogP contribution in [0.2, 0.25) is 0 Å². The highest BCUT2D eigenvalue weighted by Crippen LogP contribution is 2.19. The Bertz CT molecular complexity index is 298. The first kappa shape index (κ1) is 18.9. The first-order valence-electron chi connectivity index (χ1n) is 5.39. The van der Waals surface area contributed by atoms with E-state index in [9.17, 15) is 20.1 Å². The van der Waals surface area contributed by atoms with E-state index < -0.39 is 49.2 Å². The number of aliphatic hydroxyl groups excluding tert-OH is 4. The Morgan fingerprint density at radius 3 is 2.37 bits per heavy atom. The van der Waals surface area contributed by atoms with Crippen molar-refractivity contribution >= 4 is 30.9 Å². The summed E-state index contributed by atoms with van der Waals surface area (Å²) in [5, 5.41) is 39.9. The highest BCUT2D eigenvalue weighted by Gasteiger charge is 2.44. The Kier molecular flexibility index (Phi) is 8.17. The quantitative estimate of drug-likeness (QED) is 0.267. The molecule has 6 atom stereocenters. The van der Waals surface area contributed by atoms with Crippen molar-refractivity contribution in [1.82, 2.24) is 5.32 Å². The molecule has 0 aliphatic carbocycles. The number of hydrogen-bond donors (Lipinski definition) is 7. The van der Waals surface area contributed by atoms with Crippen molar-refractivity contribution in [1.29, 1.82) is 0 Å². The maximum Gasteiger partial charge on any atom is 0.239 e. The number of nitrogens with two attached hydrogens (primary N) is 1. The number of amides is 1. The van der Waals surface area contributed by atoms with Gasteiger partial charge in [-0.3, -0.25) is 4.79 Å². The average molecular weight is 319 g/mol. The van der Waals surface area contributed by atoms with Crippen molar-refractivity contribution in [2.75, 3.05) is 12.4 Å². The van der Waals surface area contributed by atoms with Crippen LogP contribution in [0.15, 0.2) is 0 Å². The molecule has 19 heavy (non-hydrogen) atoms. The molecule has 1 rings (SSSR count). The molecule has 0 aromatic rings. The van der Waals surface area contributed by atoms with Crippen LogP contribution >= 0.6 is 25.0 Å². The number of rotatable bonds is 4. The molecule has 0 aromatic carbocycles. The van der Waals surface area contributed by atoms with Crippen molar-refractivity contribution in [3.63, 3.8) is 0 Å². The number of carbonyl (C=O) groups excluding carboxylic acids is 1. The Labute approximate surface area is 121 Å². The van der Waals surface area contributed by atoms with Crippen molar-refractivity contribution in [2.45, 2.75) is 36.7 Å². The van der Waals surface area contributed by atoms with E-state index in [1.165, 1.54) is 0 Å². The van der Waals surface area contributed by atoms with Gasteiger partial charge in [0.25, 0.3) is 0 Å². The van der Waals surface area contributed by atoms with E-state index in [-0.39, 0.29) is 18.2 Å². The fourth-order valence-corrected chi connectivity index (χ4v) is 1.72. The van der Waals surface area contributed by atoms with Gasteiger partial charge >= 0.3 is 0 Å². The maximum absolute atomic E-state index is 11.5. The average Bonchev–Trinajstić information content (AvgIpc) is 2.38. The Balaban J connectivity index is 0.00000324. The second-order valence-electron chi connectivity index (χ2n) is 4.05. The summed E-state index contributed by atoms with van der Waals surface area (Å²) in [5.74, 6) is -0.516. The molecule has 1 aliphatic heterocycles. The van der Waals surface area contributed by atoms with Gasteiger partial charge in [-0.1, -0.05) is 0 Å². The molecule has 1 saturated heterocycles. The number of nitrogens with one attached hydrogen (secondary N) is 1. The monoisotopic (exact) mass is 318 g/mol. The Hall–Kier alpha value is -0.130. The van der Waals surface area contributed by atoms with Gasteiger partial charge in [0.2, 0.25) is 5.91 Å². The van der Waals surface area contributed by atoms with Gasteiger partial charge in [-0.15, -0.1) is 12.4 Å². The summed E-state index contributed by atoms with van der Waals surface area (Å²) in [6.07, 6.45) is -6.83. The number of ether oxygens (including phenoxy) is 1. The summed E-state index contributed by atoms with van der Waals surface area (Å²) < 4.78 is 5.07. The van der Waals surface area contributed by atoms with Gasteiger partial charge in [-0.2, -0.15) is 12.6 Å². The van der Waals surface area contributed by atoms with Crippen molar-refractivity contribution in [3.05, 3.63) is 0 Å². The first-order chi connectivity index (χ1) is 8.42. The number of halogens is 1. The fourth-order valence-electron chi connectivity index (χ4n) is 1.55. The highest BCUT2D eigenvalue weighted by atomic mass is 35.5. The standard InChI is InChI=1S/C9H18N2O6S.ClH/c10-3(2-18)8(16)11-9-7(15)6(14)5(13)4(1-12)17-9;/h3-7,9,12-15,18H,1-2,10H2,(H,11,16);1H/t3-,4+,5+,6-,7+,9+;/m0./s1. The van der Waals surface area contributed by atoms with Crippen molar-refractivity contribution in [2.24, 2.45) is 5.73 Å². The zero-order valence-corrected chi connectivity index (χ0v) is 11.6. The lowest BCUT2D eigenvalue weighted by atomic mass is 9.98. The van der Waals surface area contributed by atoms with E-state index in [1.54, 1.807) is 0 Å². The molecule has 0 spiro atoms. The Morgan fingerprint density at radius 1 is 1.32 bits per heavy atom. The van der Waals surface area contributed by atoms with Gasteiger partial charge in [0.1, 0.15) is 24.4 Å². The van der Waals surface area contributed by atoms with E-state index in [4.69, 9.17) is 15.6 Å². The molecule has 8 nitrogen and oxygen atoms in total.